The van der Waals surface area contributed by atoms with Crippen molar-refractivity contribution in [1.82, 2.24) is 0 Å². The number of benzene rings is 3. The van der Waals surface area contributed by atoms with E-state index in [0.29, 0.717) is 30.5 Å². The number of para-hydroxylation sites is 2. The summed E-state index contributed by atoms with van der Waals surface area (Å²) in [5, 5.41) is 3.97. The molecule has 0 aromatic heterocycles. The molecule has 1 atom stereocenters. The van der Waals surface area contributed by atoms with Crippen LogP contribution in [0.2, 0.25) is 5.02 Å². The number of anilines is 1. The lowest BCUT2D eigenvalue weighted by Gasteiger charge is -2.17. The van der Waals surface area contributed by atoms with Gasteiger partial charge in [-0.15, -0.1) is 0 Å². The zero-order valence-corrected chi connectivity index (χ0v) is 16.6. The van der Waals surface area contributed by atoms with Crippen LogP contribution in [0.25, 0.3) is 0 Å². The molecule has 4 nitrogen and oxygen atoms in total. The summed E-state index contributed by atoms with van der Waals surface area (Å²) in [5.74, 6) is 2.32. The minimum atomic E-state index is -0.0382. The molecule has 0 saturated carbocycles. The smallest absolute Gasteiger partial charge is 0.138 e. The van der Waals surface area contributed by atoms with Gasteiger partial charge < -0.3 is 19.5 Å². The highest BCUT2D eigenvalue weighted by Crippen LogP contribution is 2.24. The van der Waals surface area contributed by atoms with Crippen molar-refractivity contribution in [2.24, 2.45) is 0 Å². The van der Waals surface area contributed by atoms with Crippen LogP contribution in [0.15, 0.2) is 78.9 Å². The van der Waals surface area contributed by atoms with Crippen LogP contribution in [0.5, 0.6) is 17.2 Å². The Kier molecular flexibility index (Phi) is 7.44. The molecule has 5 heteroatoms. The van der Waals surface area contributed by atoms with Gasteiger partial charge in [0.15, 0.2) is 0 Å². The molecule has 0 saturated heterocycles. The maximum absolute atomic E-state index is 6.13. The summed E-state index contributed by atoms with van der Waals surface area (Å²) in [7, 11) is 0. The molecule has 0 bridgehead atoms. The summed E-state index contributed by atoms with van der Waals surface area (Å²) >= 11 is 6.13. The van der Waals surface area contributed by atoms with Crippen molar-refractivity contribution in [2.75, 3.05) is 25.1 Å². The molecule has 3 rings (SSSR count). The van der Waals surface area contributed by atoms with Crippen molar-refractivity contribution < 1.29 is 14.2 Å². The van der Waals surface area contributed by atoms with E-state index in [9.17, 15) is 0 Å². The van der Waals surface area contributed by atoms with Gasteiger partial charge in [-0.25, -0.2) is 0 Å². The molecule has 0 spiro atoms. The largest absolute Gasteiger partial charge is 0.490 e. The molecule has 0 unspecified atom stereocenters. The summed E-state index contributed by atoms with van der Waals surface area (Å²) in [6, 6.07) is 25.0. The highest BCUT2D eigenvalue weighted by molar-refractivity contribution is 6.32. The first-order chi connectivity index (χ1) is 13.7. The second kappa shape index (κ2) is 10.5. The van der Waals surface area contributed by atoms with Crippen LogP contribution in [-0.4, -0.2) is 25.9 Å². The molecule has 0 amide bonds. The van der Waals surface area contributed by atoms with Gasteiger partial charge in [0.05, 0.1) is 11.6 Å². The quantitative estimate of drug-likeness (QED) is 0.447. The normalized spacial score (nSPS) is 11.5. The third-order valence-electron chi connectivity index (χ3n) is 3.96. The lowest BCUT2D eigenvalue weighted by Crippen LogP contribution is -2.22. The van der Waals surface area contributed by atoms with Gasteiger partial charge >= 0.3 is 0 Å². The van der Waals surface area contributed by atoms with E-state index in [-0.39, 0.29) is 6.10 Å². The van der Waals surface area contributed by atoms with Crippen LogP contribution in [0.3, 0.4) is 0 Å². The molecular weight excluding hydrogens is 374 g/mol. The average molecular weight is 398 g/mol. The third kappa shape index (κ3) is 6.39. The summed E-state index contributed by atoms with van der Waals surface area (Å²) in [6.07, 6.45) is -0.0382. The van der Waals surface area contributed by atoms with Crippen LogP contribution in [-0.2, 0) is 0 Å². The molecule has 1 N–H and O–H groups in total. The fourth-order valence-corrected chi connectivity index (χ4v) is 2.77. The van der Waals surface area contributed by atoms with E-state index in [0.717, 1.165) is 17.2 Å². The average Bonchev–Trinajstić information content (AvgIpc) is 2.73. The van der Waals surface area contributed by atoms with Gasteiger partial charge in [-0.3, -0.25) is 0 Å². The van der Waals surface area contributed by atoms with Gasteiger partial charge in [-0.1, -0.05) is 48.0 Å². The Morgan fingerprint density at radius 1 is 0.821 bits per heavy atom. The number of rotatable bonds is 10. The molecule has 146 valence electrons. The molecular formula is C23H24ClNO3. The molecule has 0 radical (unpaired) electrons. The zero-order valence-electron chi connectivity index (χ0n) is 15.8. The van der Waals surface area contributed by atoms with Crippen molar-refractivity contribution in [1.29, 1.82) is 0 Å². The van der Waals surface area contributed by atoms with Crippen LogP contribution >= 0.6 is 11.6 Å². The van der Waals surface area contributed by atoms with E-state index in [1.165, 1.54) is 0 Å². The van der Waals surface area contributed by atoms with E-state index < -0.39 is 0 Å². The SMILES string of the molecule is C[C@@H](CNc1cccc(OCCOc2ccccc2)c1)Oc1ccccc1Cl. The molecule has 0 aliphatic rings. The van der Waals surface area contributed by atoms with Crippen molar-refractivity contribution >= 4 is 17.3 Å². The van der Waals surface area contributed by atoms with E-state index in [1.807, 2.05) is 85.8 Å². The third-order valence-corrected chi connectivity index (χ3v) is 4.27. The highest BCUT2D eigenvalue weighted by atomic mass is 35.5. The fourth-order valence-electron chi connectivity index (χ4n) is 2.59. The van der Waals surface area contributed by atoms with Crippen molar-refractivity contribution in [3.05, 3.63) is 83.9 Å². The predicted molar refractivity (Wildman–Crippen MR) is 114 cm³/mol. The monoisotopic (exact) mass is 397 g/mol. The van der Waals surface area contributed by atoms with Crippen LogP contribution < -0.4 is 19.5 Å². The van der Waals surface area contributed by atoms with E-state index in [2.05, 4.69) is 5.32 Å². The van der Waals surface area contributed by atoms with Crippen molar-refractivity contribution in [2.45, 2.75) is 13.0 Å². The minimum Gasteiger partial charge on any atom is -0.490 e. The Morgan fingerprint density at radius 3 is 2.29 bits per heavy atom. The summed E-state index contributed by atoms with van der Waals surface area (Å²) in [4.78, 5) is 0. The number of nitrogens with one attached hydrogen (secondary N) is 1. The van der Waals surface area contributed by atoms with Gasteiger partial charge in [-0.2, -0.15) is 0 Å². The first kappa shape index (κ1) is 19.9. The summed E-state index contributed by atoms with van der Waals surface area (Å²) in [5.41, 5.74) is 0.969. The topological polar surface area (TPSA) is 39.7 Å². The first-order valence-electron chi connectivity index (χ1n) is 9.26. The minimum absolute atomic E-state index is 0.0382. The van der Waals surface area contributed by atoms with Gasteiger partial charge in [0.2, 0.25) is 0 Å². The molecule has 0 heterocycles. The highest BCUT2D eigenvalue weighted by Gasteiger charge is 2.07. The molecule has 28 heavy (non-hydrogen) atoms. The van der Waals surface area contributed by atoms with E-state index in [4.69, 9.17) is 25.8 Å². The van der Waals surface area contributed by atoms with Gasteiger partial charge in [0.1, 0.15) is 36.6 Å². The maximum atomic E-state index is 6.13. The number of hydrogen-bond donors (Lipinski definition) is 1. The molecule has 0 fully saturated rings. The Balaban J connectivity index is 1.42. The van der Waals surface area contributed by atoms with Crippen LogP contribution in [0.1, 0.15) is 6.92 Å². The Bertz CT molecular complexity index is 857. The Labute approximate surface area is 171 Å². The van der Waals surface area contributed by atoms with Crippen LogP contribution in [0.4, 0.5) is 5.69 Å². The molecule has 3 aromatic rings. The molecule has 0 aliphatic heterocycles. The summed E-state index contributed by atoms with van der Waals surface area (Å²) < 4.78 is 17.3. The van der Waals surface area contributed by atoms with Crippen LogP contribution in [0, 0.1) is 0 Å². The fraction of sp³-hybridized carbons (Fsp3) is 0.217. The van der Waals surface area contributed by atoms with Gasteiger partial charge in [0, 0.05) is 11.8 Å². The standard InChI is InChI=1S/C23H24ClNO3/c1-18(28-23-13-6-5-12-22(23)24)17-25-19-8-7-11-21(16-19)27-15-14-26-20-9-3-2-4-10-20/h2-13,16,18,25H,14-15,17H2,1H3/t18-/m0/s1. The number of ether oxygens (including phenoxy) is 3. The second-order valence-corrected chi connectivity index (χ2v) is 6.68. The summed E-state index contributed by atoms with van der Waals surface area (Å²) in [6.45, 7) is 3.61. The van der Waals surface area contributed by atoms with Crippen molar-refractivity contribution in [3.8, 4) is 17.2 Å². The first-order valence-corrected chi connectivity index (χ1v) is 9.64. The van der Waals surface area contributed by atoms with Crippen molar-refractivity contribution in [3.63, 3.8) is 0 Å². The number of halogens is 1. The maximum Gasteiger partial charge on any atom is 0.138 e. The number of hydrogen-bond acceptors (Lipinski definition) is 4. The zero-order chi connectivity index (χ0) is 19.6. The molecule has 3 aromatic carbocycles. The molecule has 0 aliphatic carbocycles. The van der Waals surface area contributed by atoms with E-state index in [1.54, 1.807) is 0 Å². The second-order valence-electron chi connectivity index (χ2n) is 6.28. The van der Waals surface area contributed by atoms with Gasteiger partial charge in [0.25, 0.3) is 0 Å². The Morgan fingerprint density at radius 2 is 1.50 bits per heavy atom. The Hall–Kier alpha value is -2.85. The van der Waals surface area contributed by atoms with Gasteiger partial charge in [-0.05, 0) is 43.3 Å². The predicted octanol–water partition coefficient (Wildman–Crippen LogP) is 5.68. The van der Waals surface area contributed by atoms with E-state index >= 15 is 0 Å². The lowest BCUT2D eigenvalue weighted by molar-refractivity contribution is 0.217. The lowest BCUT2D eigenvalue weighted by atomic mass is 10.3.